The molecule has 1 radical (unpaired) electrons. The molecule has 0 saturated carbocycles. The highest BCUT2D eigenvalue weighted by Crippen LogP contribution is 2.34. The van der Waals surface area contributed by atoms with Gasteiger partial charge in [-0.15, -0.1) is 0 Å². The van der Waals surface area contributed by atoms with E-state index in [0.717, 1.165) is 5.58 Å². The van der Waals surface area contributed by atoms with Gasteiger partial charge >= 0.3 is 0 Å². The Labute approximate surface area is 148 Å². The van der Waals surface area contributed by atoms with Gasteiger partial charge in [0.05, 0.1) is 6.26 Å². The van der Waals surface area contributed by atoms with Crippen LogP contribution in [-0.2, 0) is 6.04 Å². The molecule has 0 spiro atoms. The van der Waals surface area contributed by atoms with Crippen molar-refractivity contribution in [3.05, 3.63) is 72.5 Å². The summed E-state index contributed by atoms with van der Waals surface area (Å²) >= 11 is 0. The van der Waals surface area contributed by atoms with Crippen LogP contribution < -0.4 is 0 Å². The Kier molecular flexibility index (Phi) is 3.22. The van der Waals surface area contributed by atoms with Crippen molar-refractivity contribution in [2.24, 2.45) is 0 Å². The van der Waals surface area contributed by atoms with Gasteiger partial charge in [-0.3, -0.25) is 0 Å². The lowest BCUT2D eigenvalue weighted by Gasteiger charge is -2.09. The van der Waals surface area contributed by atoms with Crippen LogP contribution in [0.2, 0.25) is 13.1 Å². The molecule has 25 heavy (non-hydrogen) atoms. The van der Waals surface area contributed by atoms with Gasteiger partial charge in [0.15, 0.2) is 0 Å². The van der Waals surface area contributed by atoms with Crippen LogP contribution in [-0.4, -0.2) is 8.80 Å². The summed E-state index contributed by atoms with van der Waals surface area (Å²) in [6, 6.07) is 23.7. The quantitative estimate of drug-likeness (QED) is 0.197. The molecule has 1 aromatic heterocycles. The van der Waals surface area contributed by atoms with Crippen molar-refractivity contribution < 1.29 is 4.42 Å². The first-order valence-electron chi connectivity index (χ1n) is 8.73. The molecule has 1 nitrogen and oxygen atoms in total. The molecule has 5 rings (SSSR count). The lowest BCUT2D eigenvalue weighted by molar-refractivity contribution is 0.616. The lowest BCUT2D eigenvalue weighted by Crippen LogP contribution is -2.04. The minimum atomic E-state index is -0.249. The first kappa shape index (κ1) is 14.7. The number of hydrogen-bond acceptors (Lipinski definition) is 1. The Bertz CT molecular complexity index is 1250. The molecule has 0 fully saturated rings. The molecule has 2 heteroatoms. The molecule has 0 amide bonds. The standard InChI is InChI=1S/C23H19OSi/c1-25(2)14-15-3-4-16-13-22-17(12-18(16)11-15)5-6-19-20(22)7-8-23-21(19)9-10-24-23/h3-13H,14H2,1-2H3. The van der Waals surface area contributed by atoms with Crippen LogP contribution in [0, 0.1) is 0 Å². The first-order valence-corrected chi connectivity index (χ1v) is 11.4. The van der Waals surface area contributed by atoms with Crippen molar-refractivity contribution in [3.63, 3.8) is 0 Å². The summed E-state index contributed by atoms with van der Waals surface area (Å²) in [6.07, 6.45) is 1.77. The Morgan fingerprint density at radius 2 is 1.48 bits per heavy atom. The summed E-state index contributed by atoms with van der Waals surface area (Å²) in [6.45, 7) is 4.75. The SMILES string of the molecule is C[Si](C)Cc1ccc2cc3c(ccc4c5ccoc5ccc34)cc2c1. The van der Waals surface area contributed by atoms with Gasteiger partial charge < -0.3 is 4.42 Å². The smallest absolute Gasteiger partial charge is 0.134 e. The highest BCUT2D eigenvalue weighted by molar-refractivity contribution is 6.55. The maximum absolute atomic E-state index is 5.56. The van der Waals surface area contributed by atoms with Gasteiger partial charge in [0.2, 0.25) is 0 Å². The molecule has 0 N–H and O–H groups in total. The van der Waals surface area contributed by atoms with E-state index in [1.807, 2.05) is 0 Å². The van der Waals surface area contributed by atoms with Gasteiger partial charge in [-0.1, -0.05) is 55.1 Å². The predicted octanol–water partition coefficient (Wildman–Crippen LogP) is 6.73. The second-order valence-electron chi connectivity index (χ2n) is 7.20. The molecular formula is C23H19OSi. The van der Waals surface area contributed by atoms with Crippen molar-refractivity contribution in [2.75, 3.05) is 0 Å². The van der Waals surface area contributed by atoms with Gasteiger partial charge in [0.25, 0.3) is 0 Å². The monoisotopic (exact) mass is 339 g/mol. The number of fused-ring (bicyclic) bond motifs is 6. The van der Waals surface area contributed by atoms with E-state index in [4.69, 9.17) is 4.42 Å². The van der Waals surface area contributed by atoms with Gasteiger partial charge in [0, 0.05) is 14.2 Å². The van der Waals surface area contributed by atoms with E-state index in [-0.39, 0.29) is 8.80 Å². The van der Waals surface area contributed by atoms with Gasteiger partial charge in [-0.25, -0.2) is 0 Å². The molecule has 0 aliphatic rings. The molecular weight excluding hydrogens is 320 g/mol. The maximum atomic E-state index is 5.56. The molecule has 0 bridgehead atoms. The zero-order valence-corrected chi connectivity index (χ0v) is 15.5. The molecule has 0 aliphatic carbocycles. The van der Waals surface area contributed by atoms with Crippen molar-refractivity contribution in [1.82, 2.24) is 0 Å². The molecule has 5 aromatic rings. The summed E-state index contributed by atoms with van der Waals surface area (Å²) in [7, 11) is -0.249. The van der Waals surface area contributed by atoms with E-state index in [0.29, 0.717) is 0 Å². The third kappa shape index (κ3) is 2.37. The van der Waals surface area contributed by atoms with Crippen LogP contribution in [0.5, 0.6) is 0 Å². The highest BCUT2D eigenvalue weighted by Gasteiger charge is 2.08. The molecule has 0 aliphatic heterocycles. The molecule has 4 aromatic carbocycles. The first-order chi connectivity index (χ1) is 12.2. The Balaban J connectivity index is 1.81. The van der Waals surface area contributed by atoms with Gasteiger partial charge in [-0.05, 0) is 62.6 Å². The Morgan fingerprint density at radius 1 is 0.680 bits per heavy atom. The van der Waals surface area contributed by atoms with E-state index >= 15 is 0 Å². The average molecular weight is 339 g/mol. The largest absolute Gasteiger partial charge is 0.464 e. The molecule has 0 unspecified atom stereocenters. The summed E-state index contributed by atoms with van der Waals surface area (Å²) in [5.74, 6) is 0. The summed E-state index contributed by atoms with van der Waals surface area (Å²) < 4.78 is 5.56. The van der Waals surface area contributed by atoms with Crippen LogP contribution in [0.25, 0.3) is 43.3 Å². The van der Waals surface area contributed by atoms with E-state index < -0.39 is 0 Å². The van der Waals surface area contributed by atoms with Gasteiger partial charge in [0.1, 0.15) is 5.58 Å². The van der Waals surface area contributed by atoms with Crippen LogP contribution >= 0.6 is 0 Å². The topological polar surface area (TPSA) is 13.1 Å². The third-order valence-corrected chi connectivity index (χ3v) is 6.14. The summed E-state index contributed by atoms with van der Waals surface area (Å²) in [5, 5.41) is 9.03. The second-order valence-corrected chi connectivity index (χ2v) is 9.97. The van der Waals surface area contributed by atoms with E-state index in [1.54, 1.807) is 6.26 Å². The molecule has 0 saturated heterocycles. The zero-order chi connectivity index (χ0) is 17.0. The third-order valence-electron chi connectivity index (χ3n) is 5.03. The van der Waals surface area contributed by atoms with Crippen molar-refractivity contribution in [3.8, 4) is 0 Å². The Hall–Kier alpha value is -2.58. The van der Waals surface area contributed by atoms with Crippen LogP contribution in [0.1, 0.15) is 5.56 Å². The van der Waals surface area contributed by atoms with E-state index in [9.17, 15) is 0 Å². The molecule has 121 valence electrons. The highest BCUT2D eigenvalue weighted by atomic mass is 28.3. The maximum Gasteiger partial charge on any atom is 0.134 e. The fourth-order valence-electron chi connectivity index (χ4n) is 3.91. The Morgan fingerprint density at radius 3 is 2.36 bits per heavy atom. The van der Waals surface area contributed by atoms with Crippen molar-refractivity contribution >= 4 is 52.1 Å². The fourth-order valence-corrected chi connectivity index (χ4v) is 4.94. The number of rotatable bonds is 2. The molecule has 0 atom stereocenters. The van der Waals surface area contributed by atoms with Crippen LogP contribution in [0.3, 0.4) is 0 Å². The number of hydrogen-bond donors (Lipinski definition) is 0. The minimum Gasteiger partial charge on any atom is -0.464 e. The summed E-state index contributed by atoms with van der Waals surface area (Å²) in [4.78, 5) is 0. The lowest BCUT2D eigenvalue weighted by atomic mass is 9.96. The van der Waals surface area contributed by atoms with Gasteiger partial charge in [-0.2, -0.15) is 0 Å². The average Bonchev–Trinajstić information content (AvgIpc) is 3.08. The van der Waals surface area contributed by atoms with E-state index in [2.05, 4.69) is 73.8 Å². The normalized spacial score (nSPS) is 12.1. The van der Waals surface area contributed by atoms with Crippen LogP contribution in [0.4, 0.5) is 0 Å². The van der Waals surface area contributed by atoms with Crippen molar-refractivity contribution in [2.45, 2.75) is 19.1 Å². The predicted molar refractivity (Wildman–Crippen MR) is 110 cm³/mol. The molecule has 1 heterocycles. The van der Waals surface area contributed by atoms with Crippen LogP contribution in [0.15, 0.2) is 71.3 Å². The minimum absolute atomic E-state index is 0.249. The fraction of sp³-hybridized carbons (Fsp3) is 0.130. The number of furan rings is 1. The van der Waals surface area contributed by atoms with Crippen molar-refractivity contribution in [1.29, 1.82) is 0 Å². The van der Waals surface area contributed by atoms with E-state index in [1.165, 1.54) is 49.3 Å². The number of benzene rings is 4. The second kappa shape index (κ2) is 5.47. The zero-order valence-electron chi connectivity index (χ0n) is 14.5. The summed E-state index contributed by atoms with van der Waals surface area (Å²) in [5.41, 5.74) is 2.42.